The highest BCUT2D eigenvalue weighted by Crippen LogP contribution is 2.30. The number of hydrogen-bond acceptors (Lipinski definition) is 2. The van der Waals surface area contributed by atoms with E-state index in [4.69, 9.17) is 11.6 Å². The van der Waals surface area contributed by atoms with Crippen LogP contribution in [-0.2, 0) is 19.1 Å². The summed E-state index contributed by atoms with van der Waals surface area (Å²) in [7, 11) is 0. The average Bonchev–Trinajstić information content (AvgIpc) is 3.29. The Morgan fingerprint density at radius 2 is 1.65 bits per heavy atom. The summed E-state index contributed by atoms with van der Waals surface area (Å²) in [5, 5.41) is 1.02. The molecule has 0 atom stereocenters. The van der Waals surface area contributed by atoms with Crippen LogP contribution in [0.3, 0.4) is 0 Å². The van der Waals surface area contributed by atoms with Gasteiger partial charge < -0.3 is 14.6 Å². The second kappa shape index (κ2) is 10.4. The Labute approximate surface area is 212 Å². The molecule has 0 aliphatic heterocycles. The van der Waals surface area contributed by atoms with Crippen LogP contribution in [0.25, 0.3) is 10.9 Å². The predicted molar refractivity (Wildman–Crippen MR) is 126 cm³/mol. The van der Waals surface area contributed by atoms with Crippen molar-refractivity contribution in [1.29, 1.82) is 0 Å². The minimum atomic E-state index is -4.84. The average molecular weight is 541 g/mol. The first-order valence-electron chi connectivity index (χ1n) is 11.0. The van der Waals surface area contributed by atoms with Crippen LogP contribution in [0.5, 0.6) is 5.75 Å². The van der Waals surface area contributed by atoms with Crippen LogP contribution < -0.4 is 4.74 Å². The molecule has 194 valence electrons. The zero-order chi connectivity index (χ0) is 26.8. The summed E-state index contributed by atoms with van der Waals surface area (Å²) >= 11 is 6.20. The van der Waals surface area contributed by atoms with Crippen molar-refractivity contribution < 1.29 is 35.9 Å². The number of carbonyl (C=O) groups excluding carboxylic acids is 1. The Bertz CT molecular complexity index is 1400. The van der Waals surface area contributed by atoms with Crippen molar-refractivity contribution in [2.24, 2.45) is 0 Å². The van der Waals surface area contributed by atoms with E-state index in [0.29, 0.717) is 27.1 Å². The van der Waals surface area contributed by atoms with Crippen LogP contribution in [0.4, 0.5) is 26.3 Å². The molecule has 3 aromatic carbocycles. The Morgan fingerprint density at radius 1 is 0.919 bits per heavy atom. The minimum absolute atomic E-state index is 0.0151. The number of nitrogens with one attached hydrogen (secondary N) is 1. The molecule has 0 aliphatic carbocycles. The number of hydrogen-bond donors (Lipinski definition) is 1. The van der Waals surface area contributed by atoms with Gasteiger partial charge in [-0.25, -0.2) is 0 Å². The maximum absolute atomic E-state index is 13.6. The summed E-state index contributed by atoms with van der Waals surface area (Å²) < 4.78 is 80.7. The zero-order valence-corrected chi connectivity index (χ0v) is 19.7. The molecule has 0 aliphatic rings. The fraction of sp³-hybridized carbons (Fsp3) is 0.192. The van der Waals surface area contributed by atoms with Crippen LogP contribution in [0.1, 0.15) is 27.0 Å². The normalized spacial score (nSPS) is 12.1. The van der Waals surface area contributed by atoms with Crippen molar-refractivity contribution in [3.05, 3.63) is 100 Å². The van der Waals surface area contributed by atoms with Crippen molar-refractivity contribution in [1.82, 2.24) is 9.88 Å². The second-order valence-corrected chi connectivity index (χ2v) is 8.70. The first-order valence-corrected chi connectivity index (χ1v) is 11.3. The molecule has 0 saturated heterocycles. The molecular weight excluding hydrogens is 522 g/mol. The quantitative estimate of drug-likeness (QED) is 0.245. The van der Waals surface area contributed by atoms with Gasteiger partial charge in [-0.15, -0.1) is 13.2 Å². The van der Waals surface area contributed by atoms with Crippen LogP contribution in [0, 0.1) is 0 Å². The number of nitrogens with zero attached hydrogens (tertiary/aromatic N) is 1. The SMILES string of the molecule is O=C(c1cc(Cl)cc2cc[nH]c12)N(CCc1cccc(C(F)(F)F)c1)Cc1ccc(OC(F)(F)F)cc1. The number of aromatic nitrogens is 1. The summed E-state index contributed by atoms with van der Waals surface area (Å²) in [4.78, 5) is 18.0. The molecule has 4 rings (SSSR count). The fourth-order valence-electron chi connectivity index (χ4n) is 3.91. The summed E-state index contributed by atoms with van der Waals surface area (Å²) in [6.07, 6.45) is -7.60. The van der Waals surface area contributed by atoms with Gasteiger partial charge in [-0.2, -0.15) is 13.2 Å². The van der Waals surface area contributed by atoms with Gasteiger partial charge in [0.1, 0.15) is 5.75 Å². The molecule has 1 amide bonds. The van der Waals surface area contributed by atoms with Crippen LogP contribution >= 0.6 is 11.6 Å². The second-order valence-electron chi connectivity index (χ2n) is 8.26. The molecule has 0 saturated carbocycles. The molecule has 0 radical (unpaired) electrons. The molecule has 1 aromatic heterocycles. The highest BCUT2D eigenvalue weighted by molar-refractivity contribution is 6.32. The number of carbonyl (C=O) groups is 1. The summed E-state index contributed by atoms with van der Waals surface area (Å²) in [6.45, 7) is 0.0223. The first-order chi connectivity index (χ1) is 17.4. The maximum atomic E-state index is 13.6. The first kappa shape index (κ1) is 26.4. The maximum Gasteiger partial charge on any atom is 0.573 e. The topological polar surface area (TPSA) is 45.3 Å². The lowest BCUT2D eigenvalue weighted by Crippen LogP contribution is -2.32. The number of H-pyrrole nitrogens is 1. The number of fused-ring (bicyclic) bond motifs is 1. The van der Waals surface area contributed by atoms with Crippen molar-refractivity contribution >= 4 is 28.4 Å². The molecule has 4 aromatic rings. The molecule has 11 heteroatoms. The Morgan fingerprint density at radius 3 is 2.32 bits per heavy atom. The van der Waals surface area contributed by atoms with Gasteiger partial charge in [0.05, 0.1) is 16.6 Å². The summed E-state index contributed by atoms with van der Waals surface area (Å²) in [5.74, 6) is -0.862. The number of rotatable bonds is 7. The number of benzene rings is 3. The van der Waals surface area contributed by atoms with E-state index in [0.717, 1.165) is 24.3 Å². The smallest absolute Gasteiger partial charge is 0.406 e. The van der Waals surface area contributed by atoms with Crippen LogP contribution in [-0.4, -0.2) is 28.7 Å². The van der Waals surface area contributed by atoms with Gasteiger partial charge in [0, 0.05) is 29.7 Å². The van der Waals surface area contributed by atoms with E-state index < -0.39 is 29.8 Å². The monoisotopic (exact) mass is 540 g/mol. The molecule has 0 fully saturated rings. The van der Waals surface area contributed by atoms with E-state index in [2.05, 4.69) is 9.72 Å². The number of ether oxygens (including phenoxy) is 1. The number of aromatic amines is 1. The van der Waals surface area contributed by atoms with Gasteiger partial charge in [0.15, 0.2) is 0 Å². The van der Waals surface area contributed by atoms with Crippen LogP contribution in [0.15, 0.2) is 72.9 Å². The lowest BCUT2D eigenvalue weighted by Gasteiger charge is -2.24. The lowest BCUT2D eigenvalue weighted by molar-refractivity contribution is -0.274. The van der Waals surface area contributed by atoms with Crippen molar-refractivity contribution in [3.8, 4) is 5.75 Å². The largest absolute Gasteiger partial charge is 0.573 e. The number of alkyl halides is 6. The van der Waals surface area contributed by atoms with E-state index in [1.54, 1.807) is 18.3 Å². The summed E-state index contributed by atoms with van der Waals surface area (Å²) in [5.41, 5.74) is 0.862. The third-order valence-corrected chi connectivity index (χ3v) is 5.82. The van der Waals surface area contributed by atoms with E-state index in [9.17, 15) is 31.1 Å². The molecule has 37 heavy (non-hydrogen) atoms. The Balaban J connectivity index is 1.62. The predicted octanol–water partition coefficient (Wildman–Crippen LogP) is 7.62. The fourth-order valence-corrected chi connectivity index (χ4v) is 4.14. The van der Waals surface area contributed by atoms with Crippen molar-refractivity contribution in [2.75, 3.05) is 6.54 Å². The van der Waals surface area contributed by atoms with Gasteiger partial charge in [-0.3, -0.25) is 4.79 Å². The third-order valence-electron chi connectivity index (χ3n) is 5.60. The van der Waals surface area contributed by atoms with E-state index in [1.807, 2.05) is 0 Å². The molecule has 1 heterocycles. The molecule has 0 bridgehead atoms. The highest BCUT2D eigenvalue weighted by atomic mass is 35.5. The molecular formula is C26H19ClF6N2O2. The number of halogens is 7. The highest BCUT2D eigenvalue weighted by Gasteiger charge is 2.31. The Kier molecular flexibility index (Phi) is 7.40. The van der Waals surface area contributed by atoms with Gasteiger partial charge in [0.25, 0.3) is 5.91 Å². The standard InChI is InChI=1S/C26H19ClF6N2O2/c27-20-13-18-8-10-34-23(18)22(14-20)24(36)35(11-9-16-2-1-3-19(12-16)25(28,29)30)15-17-4-6-21(7-5-17)37-26(31,32)33/h1-8,10,12-14,34H,9,11,15H2. The number of amides is 1. The summed E-state index contributed by atoms with van der Waals surface area (Å²) in [6, 6.07) is 14.7. The van der Waals surface area contributed by atoms with Gasteiger partial charge in [-0.1, -0.05) is 41.9 Å². The lowest BCUT2D eigenvalue weighted by atomic mass is 10.1. The van der Waals surface area contributed by atoms with E-state index in [-0.39, 0.29) is 25.1 Å². The van der Waals surface area contributed by atoms with Crippen LogP contribution in [0.2, 0.25) is 5.02 Å². The van der Waals surface area contributed by atoms with Crippen molar-refractivity contribution in [3.63, 3.8) is 0 Å². The van der Waals surface area contributed by atoms with Gasteiger partial charge in [-0.05, 0) is 53.9 Å². The van der Waals surface area contributed by atoms with Gasteiger partial charge in [0.2, 0.25) is 0 Å². The molecule has 1 N–H and O–H groups in total. The molecule has 4 nitrogen and oxygen atoms in total. The molecule has 0 unspecified atom stereocenters. The zero-order valence-electron chi connectivity index (χ0n) is 19.0. The molecule has 0 spiro atoms. The minimum Gasteiger partial charge on any atom is -0.406 e. The van der Waals surface area contributed by atoms with E-state index in [1.165, 1.54) is 35.2 Å². The van der Waals surface area contributed by atoms with E-state index >= 15 is 0 Å². The van der Waals surface area contributed by atoms with Crippen molar-refractivity contribution in [2.45, 2.75) is 25.5 Å². The van der Waals surface area contributed by atoms with Gasteiger partial charge >= 0.3 is 12.5 Å². The Hall–Kier alpha value is -3.66. The third kappa shape index (κ3) is 6.76.